The van der Waals surface area contributed by atoms with Crippen LogP contribution in [-0.2, 0) is 9.68 Å². The third kappa shape index (κ3) is 6.14. The number of aromatic amines is 2. The van der Waals surface area contributed by atoms with Crippen LogP contribution in [0.3, 0.4) is 0 Å². The Balaban J connectivity index is 1.69. The van der Waals surface area contributed by atoms with Crippen molar-refractivity contribution >= 4 is 18.4 Å². The molecule has 10 nitrogen and oxygen atoms in total. The molecular formula is C15H14N4O6. The SMILES string of the molecule is O=C(O)c1ccc(/C=N/OCCO/N=C/c2cc(=O)[nH]c(=O)[nH]2)cc1. The van der Waals surface area contributed by atoms with Gasteiger partial charge in [-0.25, -0.2) is 9.59 Å². The fourth-order valence-corrected chi connectivity index (χ4v) is 1.64. The van der Waals surface area contributed by atoms with Crippen LogP contribution in [0.5, 0.6) is 0 Å². The molecule has 0 aliphatic heterocycles. The van der Waals surface area contributed by atoms with Gasteiger partial charge < -0.3 is 19.8 Å². The maximum atomic E-state index is 11.0. The third-order valence-electron chi connectivity index (χ3n) is 2.75. The standard InChI is InChI=1S/C15H14N4O6/c20-13-7-12(18-15(23)19-13)9-17-25-6-5-24-16-8-10-1-3-11(4-2-10)14(21)22/h1-4,7-9H,5-6H2,(H,21,22)(H2,18,19,20,23)/b16-8+,17-9+. The van der Waals surface area contributed by atoms with Crippen LogP contribution >= 0.6 is 0 Å². The number of oxime groups is 2. The molecule has 25 heavy (non-hydrogen) atoms. The summed E-state index contributed by atoms with van der Waals surface area (Å²) in [5.41, 5.74) is -0.104. The number of hydrogen-bond donors (Lipinski definition) is 3. The lowest BCUT2D eigenvalue weighted by atomic mass is 10.1. The van der Waals surface area contributed by atoms with Gasteiger partial charge in [0.1, 0.15) is 0 Å². The smallest absolute Gasteiger partial charge is 0.335 e. The molecule has 0 atom stereocenters. The van der Waals surface area contributed by atoms with Crippen LogP contribution in [-0.4, -0.2) is 46.7 Å². The quantitative estimate of drug-likeness (QED) is 0.352. The number of aromatic nitrogens is 2. The second kappa shape index (κ2) is 8.82. The van der Waals surface area contributed by atoms with Crippen molar-refractivity contribution in [2.24, 2.45) is 10.3 Å². The summed E-state index contributed by atoms with van der Waals surface area (Å²) in [4.78, 5) is 47.0. The van der Waals surface area contributed by atoms with Gasteiger partial charge in [-0.15, -0.1) is 0 Å². The molecule has 2 aromatic rings. The molecule has 0 bridgehead atoms. The third-order valence-corrected chi connectivity index (χ3v) is 2.75. The van der Waals surface area contributed by atoms with Gasteiger partial charge in [-0.1, -0.05) is 22.4 Å². The average molecular weight is 346 g/mol. The lowest BCUT2D eigenvalue weighted by Crippen LogP contribution is -2.22. The van der Waals surface area contributed by atoms with E-state index in [1.807, 2.05) is 4.98 Å². The van der Waals surface area contributed by atoms with Crippen molar-refractivity contribution in [1.82, 2.24) is 9.97 Å². The number of carboxylic acid groups (broad SMARTS) is 1. The fraction of sp³-hybridized carbons (Fsp3) is 0.133. The number of carbonyl (C=O) groups is 1. The Kier molecular flexibility index (Phi) is 6.23. The van der Waals surface area contributed by atoms with E-state index in [1.165, 1.54) is 24.6 Å². The van der Waals surface area contributed by atoms with E-state index in [1.54, 1.807) is 12.1 Å². The molecule has 0 aliphatic carbocycles. The zero-order valence-corrected chi connectivity index (χ0v) is 12.8. The molecule has 0 radical (unpaired) electrons. The van der Waals surface area contributed by atoms with Gasteiger partial charge in [-0.05, 0) is 17.7 Å². The lowest BCUT2D eigenvalue weighted by molar-refractivity contribution is 0.0553. The number of nitrogens with zero attached hydrogens (tertiary/aromatic N) is 2. The van der Waals surface area contributed by atoms with Crippen LogP contribution in [0.2, 0.25) is 0 Å². The van der Waals surface area contributed by atoms with E-state index in [0.717, 1.165) is 6.07 Å². The van der Waals surface area contributed by atoms with Gasteiger partial charge in [0.15, 0.2) is 13.2 Å². The molecule has 1 aromatic heterocycles. The Morgan fingerprint density at radius 1 is 1.04 bits per heavy atom. The first-order valence-electron chi connectivity index (χ1n) is 7.02. The van der Waals surface area contributed by atoms with Crippen LogP contribution in [0.25, 0.3) is 0 Å². The summed E-state index contributed by atoms with van der Waals surface area (Å²) in [6.07, 6.45) is 2.61. The minimum absolute atomic E-state index is 0.0964. The van der Waals surface area contributed by atoms with E-state index in [4.69, 9.17) is 14.8 Å². The summed E-state index contributed by atoms with van der Waals surface area (Å²) < 4.78 is 0. The molecule has 130 valence electrons. The summed E-state index contributed by atoms with van der Waals surface area (Å²) in [5.74, 6) is -0.998. The number of nitrogens with one attached hydrogen (secondary N) is 2. The molecule has 1 heterocycles. The molecule has 0 spiro atoms. The Bertz CT molecular complexity index is 854. The lowest BCUT2D eigenvalue weighted by Gasteiger charge is -1.99. The minimum atomic E-state index is -0.998. The van der Waals surface area contributed by atoms with Crippen molar-refractivity contribution in [3.63, 3.8) is 0 Å². The zero-order valence-electron chi connectivity index (χ0n) is 12.8. The maximum Gasteiger partial charge on any atom is 0.335 e. The van der Waals surface area contributed by atoms with Crippen LogP contribution in [0.15, 0.2) is 50.2 Å². The first kappa shape index (κ1) is 17.7. The predicted octanol–water partition coefficient (Wildman–Crippen LogP) is 0.163. The number of H-pyrrole nitrogens is 2. The largest absolute Gasteiger partial charge is 0.478 e. The number of aromatic carboxylic acids is 1. The normalized spacial score (nSPS) is 11.0. The molecular weight excluding hydrogens is 332 g/mol. The second-order valence-electron chi connectivity index (χ2n) is 4.61. The van der Waals surface area contributed by atoms with Gasteiger partial charge in [0, 0.05) is 6.07 Å². The summed E-state index contributed by atoms with van der Waals surface area (Å²) in [6.45, 7) is 0.214. The summed E-state index contributed by atoms with van der Waals surface area (Å²) in [6, 6.07) is 7.27. The number of rotatable bonds is 8. The van der Waals surface area contributed by atoms with Gasteiger partial charge in [-0.3, -0.25) is 9.78 Å². The Morgan fingerprint density at radius 2 is 1.68 bits per heavy atom. The van der Waals surface area contributed by atoms with E-state index in [-0.39, 0.29) is 24.5 Å². The average Bonchev–Trinajstić information content (AvgIpc) is 2.57. The molecule has 1 aromatic carbocycles. The monoisotopic (exact) mass is 346 g/mol. The van der Waals surface area contributed by atoms with Crippen LogP contribution in [0.1, 0.15) is 21.6 Å². The van der Waals surface area contributed by atoms with Crippen LogP contribution in [0.4, 0.5) is 0 Å². The highest BCUT2D eigenvalue weighted by Gasteiger charge is 2.00. The van der Waals surface area contributed by atoms with Crippen LogP contribution in [0, 0.1) is 0 Å². The van der Waals surface area contributed by atoms with Gasteiger partial charge in [0.2, 0.25) is 0 Å². The summed E-state index contributed by atoms with van der Waals surface area (Å²) in [5, 5.41) is 16.0. The molecule has 0 saturated carbocycles. The highest BCUT2D eigenvalue weighted by Crippen LogP contribution is 2.02. The second-order valence-corrected chi connectivity index (χ2v) is 4.61. The van der Waals surface area contributed by atoms with Crippen LogP contribution < -0.4 is 11.2 Å². The fourth-order valence-electron chi connectivity index (χ4n) is 1.64. The minimum Gasteiger partial charge on any atom is -0.478 e. The Labute approximate surface area is 140 Å². The zero-order chi connectivity index (χ0) is 18.1. The Morgan fingerprint density at radius 3 is 2.28 bits per heavy atom. The van der Waals surface area contributed by atoms with Gasteiger partial charge in [-0.2, -0.15) is 0 Å². The predicted molar refractivity (Wildman–Crippen MR) is 88.2 cm³/mol. The molecule has 0 saturated heterocycles. The summed E-state index contributed by atoms with van der Waals surface area (Å²) >= 11 is 0. The van der Waals surface area contributed by atoms with Crippen molar-refractivity contribution in [1.29, 1.82) is 0 Å². The molecule has 0 amide bonds. The Hall–Kier alpha value is -3.69. The molecule has 3 N–H and O–H groups in total. The first-order chi connectivity index (χ1) is 12.0. The van der Waals surface area contributed by atoms with Crippen molar-refractivity contribution in [3.05, 3.63) is 68.0 Å². The molecule has 2 rings (SSSR count). The van der Waals surface area contributed by atoms with Crippen molar-refractivity contribution in [2.75, 3.05) is 13.2 Å². The topological polar surface area (TPSA) is 146 Å². The van der Waals surface area contributed by atoms with E-state index in [9.17, 15) is 14.4 Å². The summed E-state index contributed by atoms with van der Waals surface area (Å²) in [7, 11) is 0. The van der Waals surface area contributed by atoms with E-state index in [0.29, 0.717) is 5.56 Å². The van der Waals surface area contributed by atoms with Gasteiger partial charge in [0.25, 0.3) is 5.56 Å². The van der Waals surface area contributed by atoms with Crippen molar-refractivity contribution in [3.8, 4) is 0 Å². The molecule has 0 unspecified atom stereocenters. The van der Waals surface area contributed by atoms with Crippen molar-refractivity contribution in [2.45, 2.75) is 0 Å². The number of carboxylic acids is 1. The van der Waals surface area contributed by atoms with Gasteiger partial charge >= 0.3 is 11.7 Å². The highest BCUT2D eigenvalue weighted by molar-refractivity contribution is 5.89. The number of hydrogen-bond acceptors (Lipinski definition) is 7. The highest BCUT2D eigenvalue weighted by atomic mass is 16.7. The maximum absolute atomic E-state index is 11.0. The molecule has 10 heteroatoms. The van der Waals surface area contributed by atoms with E-state index < -0.39 is 17.2 Å². The van der Waals surface area contributed by atoms with Gasteiger partial charge in [0.05, 0.1) is 23.7 Å². The van der Waals surface area contributed by atoms with Crippen molar-refractivity contribution < 1.29 is 19.6 Å². The number of benzene rings is 1. The van der Waals surface area contributed by atoms with E-state index >= 15 is 0 Å². The molecule has 0 aliphatic rings. The first-order valence-corrected chi connectivity index (χ1v) is 7.02. The molecule has 0 fully saturated rings. The van der Waals surface area contributed by atoms with E-state index in [2.05, 4.69) is 15.3 Å².